The molecule has 2 saturated heterocycles. The molecule has 0 aliphatic carbocycles. The third kappa shape index (κ3) is 4.51. The molecule has 0 bridgehead atoms. The van der Waals surface area contributed by atoms with E-state index >= 15 is 0 Å². The molecule has 1 N–H and O–H groups in total. The highest BCUT2D eigenvalue weighted by Gasteiger charge is 2.14. The van der Waals surface area contributed by atoms with E-state index in [0.717, 1.165) is 64.1 Å². The molecule has 2 fully saturated rings. The summed E-state index contributed by atoms with van der Waals surface area (Å²) in [6, 6.07) is 10.9. The predicted octanol–water partition coefficient (Wildman–Crippen LogP) is 2.52. The fourth-order valence-electron chi connectivity index (χ4n) is 3.61. The number of hydrogen-bond acceptors (Lipinski definition) is 6. The Balaban J connectivity index is 1.35. The van der Waals surface area contributed by atoms with E-state index in [0.29, 0.717) is 0 Å². The molecular formula is C20H27N5O. The normalized spacial score (nSPS) is 18.2. The monoisotopic (exact) mass is 353 g/mol. The first-order valence-electron chi connectivity index (χ1n) is 9.56. The molecule has 2 aliphatic heterocycles. The molecule has 1 aromatic heterocycles. The van der Waals surface area contributed by atoms with Crippen molar-refractivity contribution < 1.29 is 4.74 Å². The zero-order valence-electron chi connectivity index (χ0n) is 15.2. The molecule has 6 nitrogen and oxygen atoms in total. The van der Waals surface area contributed by atoms with Crippen molar-refractivity contribution in [2.75, 3.05) is 49.6 Å². The number of rotatable bonds is 6. The third-order valence-corrected chi connectivity index (χ3v) is 5.06. The van der Waals surface area contributed by atoms with E-state index in [-0.39, 0.29) is 0 Å². The molecule has 6 heteroatoms. The molecule has 0 radical (unpaired) electrons. The van der Waals surface area contributed by atoms with E-state index < -0.39 is 0 Å². The van der Waals surface area contributed by atoms with Gasteiger partial charge in [-0.2, -0.15) is 0 Å². The minimum Gasteiger partial charge on any atom is -0.379 e. The Bertz CT molecular complexity index is 711. The minimum absolute atomic E-state index is 0.771. The highest BCUT2D eigenvalue weighted by molar-refractivity contribution is 5.49. The highest BCUT2D eigenvalue weighted by atomic mass is 16.5. The number of hydrogen-bond donors (Lipinski definition) is 1. The number of morpholine rings is 1. The lowest BCUT2D eigenvalue weighted by Crippen LogP contribution is -2.35. The van der Waals surface area contributed by atoms with Gasteiger partial charge in [0.1, 0.15) is 18.0 Å². The van der Waals surface area contributed by atoms with E-state index in [1.165, 1.54) is 24.0 Å². The quantitative estimate of drug-likeness (QED) is 0.861. The Morgan fingerprint density at radius 2 is 1.77 bits per heavy atom. The van der Waals surface area contributed by atoms with Gasteiger partial charge in [-0.05, 0) is 24.0 Å². The summed E-state index contributed by atoms with van der Waals surface area (Å²) in [5, 5.41) is 3.44. The first kappa shape index (κ1) is 17.2. The lowest BCUT2D eigenvalue weighted by atomic mass is 10.1. The molecule has 0 amide bonds. The summed E-state index contributed by atoms with van der Waals surface area (Å²) in [5.74, 6) is 1.92. The Hall–Kier alpha value is -2.18. The Kier molecular flexibility index (Phi) is 5.62. The predicted molar refractivity (Wildman–Crippen MR) is 103 cm³/mol. The lowest BCUT2D eigenvalue weighted by molar-refractivity contribution is 0.0342. The average molecular weight is 353 g/mol. The smallest absolute Gasteiger partial charge is 0.134 e. The van der Waals surface area contributed by atoms with Gasteiger partial charge in [0.25, 0.3) is 0 Å². The maximum Gasteiger partial charge on any atom is 0.134 e. The minimum atomic E-state index is 0.771. The fraction of sp³-hybridized carbons (Fsp3) is 0.500. The number of nitrogens with zero attached hydrogens (tertiary/aromatic N) is 4. The van der Waals surface area contributed by atoms with Crippen molar-refractivity contribution in [3.05, 3.63) is 47.8 Å². The molecule has 2 aliphatic rings. The summed E-state index contributed by atoms with van der Waals surface area (Å²) >= 11 is 0. The first-order chi connectivity index (χ1) is 12.9. The van der Waals surface area contributed by atoms with Crippen LogP contribution in [0.1, 0.15) is 24.0 Å². The van der Waals surface area contributed by atoms with E-state index in [4.69, 9.17) is 4.74 Å². The van der Waals surface area contributed by atoms with Crippen LogP contribution in [0.4, 0.5) is 11.6 Å². The lowest BCUT2D eigenvalue weighted by Gasteiger charge is -2.26. The summed E-state index contributed by atoms with van der Waals surface area (Å²) in [6.07, 6.45) is 4.16. The van der Waals surface area contributed by atoms with Gasteiger partial charge in [0, 0.05) is 45.3 Å². The zero-order valence-corrected chi connectivity index (χ0v) is 15.2. The van der Waals surface area contributed by atoms with Crippen LogP contribution in [0, 0.1) is 0 Å². The standard InChI is InChI=1S/C20H27N5O/c1-2-7-25(6-1)20-13-19(22-16-23-20)21-14-17-4-3-5-18(12-17)15-24-8-10-26-11-9-24/h3-5,12-13,16H,1-2,6-11,14-15H2,(H,21,22,23). The zero-order chi connectivity index (χ0) is 17.6. The fourth-order valence-corrected chi connectivity index (χ4v) is 3.61. The number of anilines is 2. The van der Waals surface area contributed by atoms with Crippen LogP contribution in [0.25, 0.3) is 0 Å². The number of ether oxygens (including phenoxy) is 1. The molecule has 4 rings (SSSR count). The number of benzene rings is 1. The maximum atomic E-state index is 5.43. The maximum absolute atomic E-state index is 5.43. The van der Waals surface area contributed by atoms with Gasteiger partial charge in [-0.1, -0.05) is 24.3 Å². The van der Waals surface area contributed by atoms with Crippen LogP contribution in [-0.2, 0) is 17.8 Å². The van der Waals surface area contributed by atoms with E-state index in [1.807, 2.05) is 0 Å². The van der Waals surface area contributed by atoms with Crippen molar-refractivity contribution in [2.45, 2.75) is 25.9 Å². The van der Waals surface area contributed by atoms with Gasteiger partial charge >= 0.3 is 0 Å². The molecule has 0 spiro atoms. The second-order valence-corrected chi connectivity index (χ2v) is 7.02. The summed E-state index contributed by atoms with van der Waals surface area (Å²) in [5.41, 5.74) is 2.63. The van der Waals surface area contributed by atoms with E-state index in [2.05, 4.69) is 55.4 Å². The van der Waals surface area contributed by atoms with Crippen molar-refractivity contribution in [1.29, 1.82) is 0 Å². The second kappa shape index (κ2) is 8.47. The highest BCUT2D eigenvalue weighted by Crippen LogP contribution is 2.19. The summed E-state index contributed by atoms with van der Waals surface area (Å²) < 4.78 is 5.43. The van der Waals surface area contributed by atoms with Crippen LogP contribution in [0.2, 0.25) is 0 Å². The van der Waals surface area contributed by atoms with Gasteiger partial charge in [-0.25, -0.2) is 9.97 Å². The second-order valence-electron chi connectivity index (χ2n) is 7.02. The average Bonchev–Trinajstić information content (AvgIpc) is 3.23. The molecule has 0 unspecified atom stereocenters. The molecule has 138 valence electrons. The molecule has 26 heavy (non-hydrogen) atoms. The van der Waals surface area contributed by atoms with Gasteiger partial charge in [0.15, 0.2) is 0 Å². The van der Waals surface area contributed by atoms with Crippen LogP contribution in [-0.4, -0.2) is 54.3 Å². The van der Waals surface area contributed by atoms with E-state index in [1.54, 1.807) is 6.33 Å². The van der Waals surface area contributed by atoms with Crippen LogP contribution in [0.15, 0.2) is 36.7 Å². The van der Waals surface area contributed by atoms with E-state index in [9.17, 15) is 0 Å². The van der Waals surface area contributed by atoms with Crippen LogP contribution >= 0.6 is 0 Å². The van der Waals surface area contributed by atoms with Crippen molar-refractivity contribution in [2.24, 2.45) is 0 Å². The Morgan fingerprint density at radius 1 is 0.962 bits per heavy atom. The first-order valence-corrected chi connectivity index (χ1v) is 9.56. The van der Waals surface area contributed by atoms with Crippen LogP contribution in [0.3, 0.4) is 0 Å². The van der Waals surface area contributed by atoms with Crippen molar-refractivity contribution >= 4 is 11.6 Å². The summed E-state index contributed by atoms with van der Waals surface area (Å²) in [4.78, 5) is 13.6. The topological polar surface area (TPSA) is 53.5 Å². The van der Waals surface area contributed by atoms with Crippen molar-refractivity contribution in [3.63, 3.8) is 0 Å². The van der Waals surface area contributed by atoms with Gasteiger partial charge in [-0.3, -0.25) is 4.90 Å². The molecule has 2 aromatic rings. The van der Waals surface area contributed by atoms with Crippen LogP contribution < -0.4 is 10.2 Å². The molecule has 0 atom stereocenters. The van der Waals surface area contributed by atoms with Crippen LogP contribution in [0.5, 0.6) is 0 Å². The van der Waals surface area contributed by atoms with Crippen molar-refractivity contribution in [3.8, 4) is 0 Å². The molecule has 3 heterocycles. The van der Waals surface area contributed by atoms with Gasteiger partial charge in [0.05, 0.1) is 13.2 Å². The SMILES string of the molecule is c1cc(CNc2cc(N3CCCC3)ncn2)cc(CN2CCOCC2)c1. The molecule has 0 saturated carbocycles. The van der Waals surface area contributed by atoms with Crippen molar-refractivity contribution in [1.82, 2.24) is 14.9 Å². The Labute approximate surface area is 155 Å². The summed E-state index contributed by atoms with van der Waals surface area (Å²) in [6.45, 7) is 7.67. The largest absolute Gasteiger partial charge is 0.379 e. The van der Waals surface area contributed by atoms with Gasteiger partial charge in [-0.15, -0.1) is 0 Å². The number of nitrogens with one attached hydrogen (secondary N) is 1. The molecular weight excluding hydrogens is 326 g/mol. The van der Waals surface area contributed by atoms with Gasteiger partial charge < -0.3 is 15.0 Å². The summed E-state index contributed by atoms with van der Waals surface area (Å²) in [7, 11) is 0. The Morgan fingerprint density at radius 3 is 2.62 bits per heavy atom. The molecule has 1 aromatic carbocycles. The van der Waals surface area contributed by atoms with Gasteiger partial charge in [0.2, 0.25) is 0 Å². The third-order valence-electron chi connectivity index (χ3n) is 5.06. The number of aromatic nitrogens is 2.